The molecule has 2 saturated heterocycles. The van der Waals surface area contributed by atoms with Gasteiger partial charge in [0.25, 0.3) is 0 Å². The van der Waals surface area contributed by atoms with Crippen LogP contribution in [0.1, 0.15) is 20.3 Å². The van der Waals surface area contributed by atoms with Crippen LogP contribution in [0.4, 0.5) is 0 Å². The number of carbonyl (C=O) groups is 2. The number of nitrogens with one attached hydrogen (secondary N) is 1. The van der Waals surface area contributed by atoms with E-state index in [2.05, 4.69) is 5.32 Å². The molecule has 0 radical (unpaired) electrons. The Bertz CT molecular complexity index is 531. The van der Waals surface area contributed by atoms with Crippen molar-refractivity contribution in [3.05, 3.63) is 0 Å². The average molecular weight is 357 g/mol. The Morgan fingerprint density at radius 3 is 2.42 bits per heavy atom. The molecule has 4 atom stereocenters. The van der Waals surface area contributed by atoms with E-state index in [9.17, 15) is 22.4 Å². The fourth-order valence-corrected chi connectivity index (χ4v) is 8.34. The average Bonchev–Trinajstić information content (AvgIpc) is 2.43. The normalized spacial score (nSPS) is 37.7. The van der Waals surface area contributed by atoms with Crippen LogP contribution in [0.15, 0.2) is 0 Å². The van der Waals surface area contributed by atoms with E-state index in [0.717, 1.165) is 0 Å². The summed E-state index contributed by atoms with van der Waals surface area (Å²) in [5.74, 6) is -1.90. The van der Waals surface area contributed by atoms with Crippen molar-refractivity contribution in [2.75, 3.05) is 5.88 Å². The molecule has 0 saturated carbocycles. The number of carbonyl (C=O) groups excluding carboxylic acids is 2. The molecule has 2 aliphatic heterocycles. The molecule has 0 aromatic carbocycles. The number of aliphatic hydroxyl groups excluding tert-OH is 1. The minimum atomic E-state index is -5.23. The topological polar surface area (TPSA) is 101 Å². The van der Waals surface area contributed by atoms with Crippen LogP contribution in [0.5, 0.6) is 0 Å². The van der Waals surface area contributed by atoms with E-state index in [1.165, 1.54) is 0 Å². The van der Waals surface area contributed by atoms with E-state index >= 15 is 0 Å². The van der Waals surface area contributed by atoms with Gasteiger partial charge in [-0.1, -0.05) is 0 Å². The number of hydrogen-bond donors (Lipinski definition) is 2. The second-order valence-corrected chi connectivity index (χ2v) is 10.1. The fourth-order valence-electron chi connectivity index (χ4n) is 2.99. The summed E-state index contributed by atoms with van der Waals surface area (Å²) in [7, 11) is 0. The third kappa shape index (κ3) is 1.59. The number of fused-ring (bicyclic) bond motifs is 1. The summed E-state index contributed by atoms with van der Waals surface area (Å²) < 4.78 is 21.9. The van der Waals surface area contributed by atoms with Gasteiger partial charge in [-0.05, 0) is 0 Å². The Morgan fingerprint density at radius 1 is 1.42 bits per heavy atom. The van der Waals surface area contributed by atoms with Gasteiger partial charge in [-0.15, -0.1) is 0 Å². The van der Waals surface area contributed by atoms with Gasteiger partial charge < -0.3 is 0 Å². The van der Waals surface area contributed by atoms with Crippen LogP contribution >= 0.6 is 11.6 Å². The zero-order valence-corrected chi connectivity index (χ0v) is 13.1. The Labute approximate surface area is 117 Å². The van der Waals surface area contributed by atoms with Crippen LogP contribution < -0.4 is 5.32 Å². The van der Waals surface area contributed by atoms with Crippen molar-refractivity contribution in [3.8, 4) is 0 Å². The van der Waals surface area contributed by atoms with Crippen LogP contribution in [0.2, 0.25) is 4.31 Å². The Morgan fingerprint density at radius 2 is 2.00 bits per heavy atom. The summed E-state index contributed by atoms with van der Waals surface area (Å²) in [6.07, 6.45) is -1.19. The second-order valence-electron chi connectivity index (χ2n) is 5.34. The SMILES string of the molecule is CC(C)[C@H](O)[C@]12C(=O)N[C@H]1C(CCCl)C(=O)[Se]2(=O)=O. The first-order valence-electron chi connectivity index (χ1n) is 6.06. The second kappa shape index (κ2) is 4.52. The molecular formula is C11H16ClNO5Se. The molecule has 108 valence electrons. The van der Waals surface area contributed by atoms with Gasteiger partial charge in [-0.25, -0.2) is 0 Å². The third-order valence-electron chi connectivity index (χ3n) is 4.01. The standard InChI is InChI=1S/C11H16ClNO5Se/c1-5(2)8(14)11-7(13-10(11)16)6(3-4-12)9(15)19(11,17)18/h5-8,14H,3-4H2,1-2H3,(H,13,16)/t6?,7-,8-,11-/m0/s1. The molecule has 0 bridgehead atoms. The Balaban J connectivity index is 2.56. The molecular weight excluding hydrogens is 341 g/mol. The fraction of sp³-hybridized carbons (Fsp3) is 0.818. The zero-order valence-electron chi connectivity index (χ0n) is 10.6. The molecule has 1 amide bonds. The number of rotatable bonds is 4. The molecule has 2 N–H and O–H groups in total. The molecule has 0 spiro atoms. The van der Waals surface area contributed by atoms with Gasteiger partial charge in [-0.2, -0.15) is 0 Å². The predicted molar refractivity (Wildman–Crippen MR) is 66.4 cm³/mol. The van der Waals surface area contributed by atoms with E-state index in [0.29, 0.717) is 0 Å². The molecule has 0 aromatic rings. The van der Waals surface area contributed by atoms with E-state index in [-0.39, 0.29) is 12.3 Å². The van der Waals surface area contributed by atoms with Crippen molar-refractivity contribution in [1.82, 2.24) is 5.32 Å². The van der Waals surface area contributed by atoms with Gasteiger partial charge in [-0.3, -0.25) is 0 Å². The summed E-state index contributed by atoms with van der Waals surface area (Å²) >= 11 is 0.355. The summed E-state index contributed by atoms with van der Waals surface area (Å²) in [6.45, 7) is 3.24. The molecule has 2 heterocycles. The molecule has 1 unspecified atom stereocenters. The van der Waals surface area contributed by atoms with Crippen LogP contribution in [0.3, 0.4) is 0 Å². The molecule has 2 fully saturated rings. The Kier molecular flexibility index (Phi) is 3.54. The number of β-lactam (4-membered cyclic amide) rings is 1. The van der Waals surface area contributed by atoms with Crippen molar-refractivity contribution in [2.24, 2.45) is 11.8 Å². The van der Waals surface area contributed by atoms with E-state index in [1.54, 1.807) is 13.8 Å². The number of alkyl halides is 1. The summed E-state index contributed by atoms with van der Waals surface area (Å²) in [5.41, 5.74) is 0. The Hall–Kier alpha value is -0.491. The summed E-state index contributed by atoms with van der Waals surface area (Å²) in [5, 5.41) is 12.7. The zero-order chi connectivity index (χ0) is 14.6. The minimum absolute atomic E-state index is 0.129. The van der Waals surface area contributed by atoms with Crippen molar-refractivity contribution in [3.63, 3.8) is 0 Å². The number of hydrogen-bond acceptors (Lipinski definition) is 5. The van der Waals surface area contributed by atoms with Crippen LogP contribution in [-0.2, 0) is 17.3 Å². The summed E-state index contributed by atoms with van der Waals surface area (Å²) in [4.78, 5) is 23.9. The molecule has 0 aliphatic carbocycles. The molecule has 6 nitrogen and oxygen atoms in total. The molecule has 2 rings (SSSR count). The van der Waals surface area contributed by atoms with Gasteiger partial charge in [0, 0.05) is 0 Å². The molecule has 8 heteroatoms. The van der Waals surface area contributed by atoms with E-state index < -0.39 is 51.6 Å². The first-order valence-corrected chi connectivity index (χ1v) is 9.71. The van der Waals surface area contributed by atoms with Gasteiger partial charge in [0.2, 0.25) is 0 Å². The van der Waals surface area contributed by atoms with Gasteiger partial charge >= 0.3 is 117 Å². The third-order valence-corrected chi connectivity index (χ3v) is 9.27. The van der Waals surface area contributed by atoms with Crippen LogP contribution in [0, 0.1) is 11.8 Å². The van der Waals surface area contributed by atoms with Crippen LogP contribution in [-0.4, -0.2) is 46.4 Å². The van der Waals surface area contributed by atoms with E-state index in [4.69, 9.17) is 11.6 Å². The number of aliphatic hydroxyl groups is 1. The number of amides is 1. The van der Waals surface area contributed by atoms with Crippen molar-refractivity contribution < 1.29 is 22.4 Å². The monoisotopic (exact) mass is 357 g/mol. The summed E-state index contributed by atoms with van der Waals surface area (Å²) in [6, 6.07) is -0.835. The molecule has 19 heavy (non-hydrogen) atoms. The molecule has 2 aliphatic rings. The van der Waals surface area contributed by atoms with Gasteiger partial charge in [0.15, 0.2) is 0 Å². The van der Waals surface area contributed by atoms with Crippen molar-refractivity contribution in [1.29, 1.82) is 0 Å². The first kappa shape index (κ1) is 14.9. The van der Waals surface area contributed by atoms with E-state index in [1.807, 2.05) is 0 Å². The maximum absolute atomic E-state index is 12.4. The van der Waals surface area contributed by atoms with Crippen molar-refractivity contribution >= 4 is 34.9 Å². The number of halogens is 1. The van der Waals surface area contributed by atoms with Crippen molar-refractivity contribution in [2.45, 2.75) is 36.7 Å². The quantitative estimate of drug-likeness (QED) is 0.416. The first-order chi connectivity index (χ1) is 8.72. The van der Waals surface area contributed by atoms with Crippen LogP contribution in [0.25, 0.3) is 0 Å². The van der Waals surface area contributed by atoms with Gasteiger partial charge in [0.05, 0.1) is 0 Å². The molecule has 0 aromatic heterocycles. The maximum atomic E-state index is 12.4. The van der Waals surface area contributed by atoms with Gasteiger partial charge in [0.1, 0.15) is 0 Å². The predicted octanol–water partition coefficient (Wildman–Crippen LogP) is -0.0877.